The van der Waals surface area contributed by atoms with Gasteiger partial charge in [0.05, 0.1) is 0 Å². The third-order valence-corrected chi connectivity index (χ3v) is 7.90. The van der Waals surface area contributed by atoms with Crippen LogP contribution < -0.4 is 0 Å². The van der Waals surface area contributed by atoms with E-state index in [2.05, 4.69) is 11.9 Å². The van der Waals surface area contributed by atoms with Gasteiger partial charge in [-0.05, 0) is 66.7 Å². The Morgan fingerprint density at radius 2 is 2.00 bits per heavy atom. The molecule has 22 heavy (non-hydrogen) atoms. The summed E-state index contributed by atoms with van der Waals surface area (Å²) in [6, 6.07) is 7.52. The lowest BCUT2D eigenvalue weighted by atomic mass is 9.58. The van der Waals surface area contributed by atoms with Crippen molar-refractivity contribution < 1.29 is 9.18 Å². The molecule has 2 bridgehead atoms. The van der Waals surface area contributed by atoms with Gasteiger partial charge in [-0.2, -0.15) is 0 Å². The molecule has 5 aliphatic carbocycles. The van der Waals surface area contributed by atoms with Crippen molar-refractivity contribution in [3.8, 4) is 0 Å². The molecule has 3 heteroatoms. The lowest BCUT2D eigenvalue weighted by molar-refractivity contribution is -0.137. The Hall–Kier alpha value is -1.22. The second-order valence-corrected chi connectivity index (χ2v) is 8.36. The van der Waals surface area contributed by atoms with Crippen molar-refractivity contribution in [1.82, 2.24) is 4.90 Å². The molecule has 0 spiro atoms. The van der Waals surface area contributed by atoms with E-state index in [-0.39, 0.29) is 5.82 Å². The zero-order valence-electron chi connectivity index (χ0n) is 12.7. The normalized spacial score (nSPS) is 52.1. The van der Waals surface area contributed by atoms with Crippen molar-refractivity contribution in [2.75, 3.05) is 7.05 Å². The van der Waals surface area contributed by atoms with Crippen LogP contribution in [0.5, 0.6) is 0 Å². The first-order valence-electron chi connectivity index (χ1n) is 8.65. The minimum absolute atomic E-state index is 0.153. The van der Waals surface area contributed by atoms with Crippen molar-refractivity contribution in [3.05, 3.63) is 35.6 Å². The minimum atomic E-state index is -0.153. The van der Waals surface area contributed by atoms with Gasteiger partial charge in [0.15, 0.2) is 0 Å². The molecular formula is C19H20FNO. The molecule has 0 amide bonds. The fourth-order valence-corrected chi connectivity index (χ4v) is 7.73. The first-order chi connectivity index (χ1) is 10.7. The summed E-state index contributed by atoms with van der Waals surface area (Å²) < 4.78 is 13.4. The number of halogens is 1. The van der Waals surface area contributed by atoms with Gasteiger partial charge < -0.3 is 0 Å². The van der Waals surface area contributed by atoms with E-state index in [1.807, 2.05) is 6.07 Å². The summed E-state index contributed by atoms with van der Waals surface area (Å²) in [5, 5.41) is 0. The minimum Gasteiger partial charge on any atom is -0.299 e. The molecule has 0 radical (unpaired) electrons. The van der Waals surface area contributed by atoms with E-state index >= 15 is 0 Å². The maximum atomic E-state index is 13.4. The van der Waals surface area contributed by atoms with Crippen LogP contribution in [-0.2, 0) is 11.3 Å². The summed E-state index contributed by atoms with van der Waals surface area (Å²) in [4.78, 5) is 15.0. The molecule has 2 nitrogen and oxygen atoms in total. The number of Topliss-reactive ketones (excluding diaryl/α,β-unsaturated/α-hetero) is 1. The number of ketones is 1. The average molecular weight is 297 g/mol. The van der Waals surface area contributed by atoms with Gasteiger partial charge in [-0.3, -0.25) is 9.69 Å². The lowest BCUT2D eigenvalue weighted by Crippen LogP contribution is -2.54. The predicted molar refractivity (Wildman–Crippen MR) is 79.2 cm³/mol. The average Bonchev–Trinajstić information content (AvgIpc) is 2.97. The molecule has 0 aromatic heterocycles. The zero-order valence-corrected chi connectivity index (χ0v) is 12.7. The summed E-state index contributed by atoms with van der Waals surface area (Å²) in [6.45, 7) is 0.803. The Balaban J connectivity index is 1.33. The Bertz CT molecular complexity index is 702. The molecule has 5 aliphatic rings. The monoisotopic (exact) mass is 297 g/mol. The number of nitrogens with zero attached hydrogens (tertiary/aromatic N) is 1. The van der Waals surface area contributed by atoms with Crippen LogP contribution in [0, 0.1) is 53.2 Å². The fourth-order valence-electron chi connectivity index (χ4n) is 7.73. The molecule has 5 saturated carbocycles. The first kappa shape index (κ1) is 12.2. The molecule has 5 fully saturated rings. The van der Waals surface area contributed by atoms with Crippen LogP contribution in [0.25, 0.3) is 0 Å². The van der Waals surface area contributed by atoms with Gasteiger partial charge in [0.1, 0.15) is 11.6 Å². The van der Waals surface area contributed by atoms with E-state index in [0.717, 1.165) is 35.8 Å². The Morgan fingerprint density at radius 3 is 2.82 bits per heavy atom. The van der Waals surface area contributed by atoms with Gasteiger partial charge in [-0.15, -0.1) is 0 Å². The smallest absolute Gasteiger partial charge is 0.140 e. The van der Waals surface area contributed by atoms with Crippen molar-refractivity contribution in [2.45, 2.75) is 19.0 Å². The standard InChI is InChI=1S/C19H20FNO/c1-21(7-8-3-2-4-9(20)5-8)18-14-10-6-11-13-12(10)16(18)17(13)19(22)15(11)14/h2-5,10-18H,6-7H2,1H3/t10?,11?,12?,13?,14?,15?,16?,17?,18-/m0/s1. The van der Waals surface area contributed by atoms with E-state index in [9.17, 15) is 9.18 Å². The van der Waals surface area contributed by atoms with Crippen LogP contribution in [0.1, 0.15) is 12.0 Å². The van der Waals surface area contributed by atoms with Gasteiger partial charge in [-0.25, -0.2) is 4.39 Å². The molecule has 6 rings (SSSR count). The number of rotatable bonds is 3. The summed E-state index contributed by atoms with van der Waals surface area (Å²) in [5.74, 6) is 5.65. The Kier molecular flexibility index (Phi) is 2.02. The topological polar surface area (TPSA) is 20.3 Å². The second kappa shape index (κ2) is 3.64. The van der Waals surface area contributed by atoms with Gasteiger partial charge in [-0.1, -0.05) is 12.1 Å². The van der Waals surface area contributed by atoms with Crippen LogP contribution in [0.2, 0.25) is 0 Å². The number of benzene rings is 1. The van der Waals surface area contributed by atoms with Gasteiger partial charge >= 0.3 is 0 Å². The van der Waals surface area contributed by atoms with Crippen molar-refractivity contribution in [3.63, 3.8) is 0 Å². The molecule has 0 aliphatic heterocycles. The van der Waals surface area contributed by atoms with Gasteiger partial charge in [0.25, 0.3) is 0 Å². The maximum absolute atomic E-state index is 13.4. The summed E-state index contributed by atoms with van der Waals surface area (Å²) >= 11 is 0. The summed E-state index contributed by atoms with van der Waals surface area (Å²) in [5.41, 5.74) is 1.05. The summed E-state index contributed by atoms with van der Waals surface area (Å²) in [6.07, 6.45) is 1.33. The molecule has 0 N–H and O–H groups in total. The molecule has 0 heterocycles. The molecule has 1 aromatic carbocycles. The second-order valence-electron chi connectivity index (χ2n) is 8.36. The third-order valence-electron chi connectivity index (χ3n) is 7.90. The van der Waals surface area contributed by atoms with E-state index in [1.165, 1.54) is 12.5 Å². The Morgan fingerprint density at radius 1 is 1.14 bits per heavy atom. The highest BCUT2D eigenvalue weighted by molar-refractivity contribution is 5.91. The first-order valence-corrected chi connectivity index (χ1v) is 8.65. The molecular weight excluding hydrogens is 277 g/mol. The predicted octanol–water partition coefficient (Wildman–Crippen LogP) is 2.58. The maximum Gasteiger partial charge on any atom is 0.140 e. The van der Waals surface area contributed by atoms with E-state index in [0.29, 0.717) is 35.5 Å². The summed E-state index contributed by atoms with van der Waals surface area (Å²) in [7, 11) is 2.19. The molecule has 8 unspecified atom stereocenters. The number of hydrogen-bond acceptors (Lipinski definition) is 2. The number of fused-ring (bicyclic) bond motifs is 2. The van der Waals surface area contributed by atoms with Crippen molar-refractivity contribution in [2.24, 2.45) is 47.3 Å². The zero-order chi connectivity index (χ0) is 14.7. The third kappa shape index (κ3) is 1.12. The van der Waals surface area contributed by atoms with E-state index < -0.39 is 0 Å². The molecule has 114 valence electrons. The molecule has 9 atom stereocenters. The largest absolute Gasteiger partial charge is 0.299 e. The lowest BCUT2D eigenvalue weighted by Gasteiger charge is -2.48. The highest BCUT2D eigenvalue weighted by Gasteiger charge is 2.83. The highest BCUT2D eigenvalue weighted by atomic mass is 19.1. The quantitative estimate of drug-likeness (QED) is 0.854. The van der Waals surface area contributed by atoms with Crippen LogP contribution in [0.15, 0.2) is 24.3 Å². The van der Waals surface area contributed by atoms with Crippen molar-refractivity contribution >= 4 is 5.78 Å². The number of carbonyl (C=O) groups excluding carboxylic acids is 1. The van der Waals surface area contributed by atoms with Crippen LogP contribution in [-0.4, -0.2) is 23.8 Å². The van der Waals surface area contributed by atoms with E-state index in [1.54, 1.807) is 12.1 Å². The van der Waals surface area contributed by atoms with Crippen LogP contribution in [0.3, 0.4) is 0 Å². The number of carbonyl (C=O) groups is 1. The number of hydrogen-bond donors (Lipinski definition) is 0. The molecule has 0 saturated heterocycles. The van der Waals surface area contributed by atoms with Gasteiger partial charge in [0, 0.05) is 24.4 Å². The SMILES string of the molecule is CN(Cc1cccc(F)c1)[C@H]1C2C3CC4C2C(=O)C2C4C3C21. The fraction of sp³-hybridized carbons (Fsp3) is 0.632. The van der Waals surface area contributed by atoms with E-state index in [4.69, 9.17) is 0 Å². The Labute approximate surface area is 129 Å². The van der Waals surface area contributed by atoms with Gasteiger partial charge in [0.2, 0.25) is 0 Å². The van der Waals surface area contributed by atoms with Crippen LogP contribution in [0.4, 0.5) is 4.39 Å². The van der Waals surface area contributed by atoms with Crippen LogP contribution >= 0.6 is 0 Å². The van der Waals surface area contributed by atoms with Crippen molar-refractivity contribution in [1.29, 1.82) is 0 Å². The molecule has 1 aromatic rings. The highest BCUT2D eigenvalue weighted by Crippen LogP contribution is 2.82.